The molecule has 1 aliphatic heterocycles. The number of hydrogen-bond acceptors (Lipinski definition) is 6. The van der Waals surface area contributed by atoms with Crippen molar-refractivity contribution in [2.75, 3.05) is 5.32 Å². The normalized spacial score (nSPS) is 13.7. The van der Waals surface area contributed by atoms with Gasteiger partial charge in [0.25, 0.3) is 0 Å². The van der Waals surface area contributed by atoms with Crippen LogP contribution in [0.25, 0.3) is 0 Å². The molecule has 0 aromatic carbocycles. The van der Waals surface area contributed by atoms with E-state index in [2.05, 4.69) is 35.1 Å². The van der Waals surface area contributed by atoms with Crippen LogP contribution in [0.1, 0.15) is 37.1 Å². The SMILES string of the molecule is CCc1ncnc(Nc2cnn(Cc3nnc4n3CCCC4)c2)c1F. The molecule has 0 atom stereocenters. The van der Waals surface area contributed by atoms with Crippen molar-refractivity contribution in [3.8, 4) is 0 Å². The van der Waals surface area contributed by atoms with Gasteiger partial charge in [0.2, 0.25) is 0 Å². The molecule has 4 heterocycles. The zero-order valence-electron chi connectivity index (χ0n) is 14.0. The monoisotopic (exact) mass is 342 g/mol. The lowest BCUT2D eigenvalue weighted by Crippen LogP contribution is -2.15. The van der Waals surface area contributed by atoms with E-state index in [-0.39, 0.29) is 5.82 Å². The van der Waals surface area contributed by atoms with E-state index in [4.69, 9.17) is 0 Å². The van der Waals surface area contributed by atoms with Gasteiger partial charge in [-0.05, 0) is 19.3 Å². The highest BCUT2D eigenvalue weighted by molar-refractivity contribution is 5.54. The maximum atomic E-state index is 14.2. The summed E-state index contributed by atoms with van der Waals surface area (Å²) in [6.07, 6.45) is 8.61. The Labute approximate surface area is 144 Å². The molecule has 0 saturated heterocycles. The Kier molecular flexibility index (Phi) is 4.12. The zero-order chi connectivity index (χ0) is 17.2. The summed E-state index contributed by atoms with van der Waals surface area (Å²) in [5.41, 5.74) is 1.05. The number of anilines is 2. The second-order valence-corrected chi connectivity index (χ2v) is 6.03. The van der Waals surface area contributed by atoms with Crippen LogP contribution in [0, 0.1) is 5.82 Å². The van der Waals surface area contributed by atoms with Crippen LogP contribution in [0.15, 0.2) is 18.7 Å². The lowest BCUT2D eigenvalue weighted by atomic mass is 10.2. The van der Waals surface area contributed by atoms with Crippen LogP contribution in [0.2, 0.25) is 0 Å². The largest absolute Gasteiger partial charge is 0.335 e. The summed E-state index contributed by atoms with van der Waals surface area (Å²) in [6.45, 7) is 3.34. The summed E-state index contributed by atoms with van der Waals surface area (Å²) >= 11 is 0. The van der Waals surface area contributed by atoms with Gasteiger partial charge < -0.3 is 9.88 Å². The number of nitrogens with one attached hydrogen (secondary N) is 1. The molecule has 0 aliphatic carbocycles. The van der Waals surface area contributed by atoms with Crippen molar-refractivity contribution < 1.29 is 4.39 Å². The van der Waals surface area contributed by atoms with Crippen molar-refractivity contribution in [3.05, 3.63) is 41.9 Å². The summed E-state index contributed by atoms with van der Waals surface area (Å²) in [4.78, 5) is 7.89. The minimum absolute atomic E-state index is 0.159. The van der Waals surface area contributed by atoms with E-state index in [1.54, 1.807) is 17.1 Å². The topological polar surface area (TPSA) is 86.3 Å². The molecule has 3 aromatic heterocycles. The predicted molar refractivity (Wildman–Crippen MR) is 88.9 cm³/mol. The smallest absolute Gasteiger partial charge is 0.187 e. The molecule has 0 bridgehead atoms. The van der Waals surface area contributed by atoms with E-state index in [9.17, 15) is 4.39 Å². The standard InChI is InChI=1S/C16H19FN8/c1-2-12-15(17)16(19-10-18-12)21-11-7-20-24(8-11)9-14-23-22-13-5-3-4-6-25(13)14/h7-8,10H,2-6,9H2,1H3,(H,18,19,21). The van der Waals surface area contributed by atoms with Gasteiger partial charge in [0.05, 0.1) is 17.6 Å². The average molecular weight is 342 g/mol. The van der Waals surface area contributed by atoms with E-state index < -0.39 is 5.82 Å². The molecule has 1 N–H and O–H groups in total. The fourth-order valence-electron chi connectivity index (χ4n) is 3.02. The molecule has 25 heavy (non-hydrogen) atoms. The van der Waals surface area contributed by atoms with Gasteiger partial charge in [0, 0.05) is 19.2 Å². The summed E-state index contributed by atoms with van der Waals surface area (Å²) in [6, 6.07) is 0. The number of halogens is 1. The third-order valence-corrected chi connectivity index (χ3v) is 4.33. The van der Waals surface area contributed by atoms with E-state index in [1.807, 2.05) is 6.92 Å². The number of nitrogens with zero attached hydrogens (tertiary/aromatic N) is 7. The summed E-state index contributed by atoms with van der Waals surface area (Å²) in [7, 11) is 0. The maximum absolute atomic E-state index is 14.2. The Hall–Kier alpha value is -2.84. The van der Waals surface area contributed by atoms with Gasteiger partial charge in [-0.2, -0.15) is 5.10 Å². The van der Waals surface area contributed by atoms with Gasteiger partial charge in [0.1, 0.15) is 18.7 Å². The van der Waals surface area contributed by atoms with Crippen molar-refractivity contribution in [3.63, 3.8) is 0 Å². The molecule has 8 nitrogen and oxygen atoms in total. The highest BCUT2D eigenvalue weighted by Gasteiger charge is 2.16. The molecule has 1 aliphatic rings. The number of aromatic nitrogens is 7. The maximum Gasteiger partial charge on any atom is 0.187 e. The van der Waals surface area contributed by atoms with Crippen LogP contribution >= 0.6 is 0 Å². The molecular weight excluding hydrogens is 323 g/mol. The van der Waals surface area contributed by atoms with Crippen LogP contribution < -0.4 is 5.32 Å². The number of aryl methyl sites for hydroxylation is 2. The second-order valence-electron chi connectivity index (χ2n) is 6.03. The molecule has 3 aromatic rings. The predicted octanol–water partition coefficient (Wildman–Crippen LogP) is 2.09. The molecule has 0 amide bonds. The Morgan fingerprint density at radius 3 is 3.04 bits per heavy atom. The van der Waals surface area contributed by atoms with Crippen molar-refractivity contribution in [1.82, 2.24) is 34.5 Å². The molecule has 0 radical (unpaired) electrons. The molecule has 0 fully saturated rings. The first-order valence-electron chi connectivity index (χ1n) is 8.44. The van der Waals surface area contributed by atoms with E-state index in [0.717, 1.165) is 37.5 Å². The van der Waals surface area contributed by atoms with Crippen LogP contribution in [-0.2, 0) is 25.9 Å². The highest BCUT2D eigenvalue weighted by atomic mass is 19.1. The average Bonchev–Trinajstić information content (AvgIpc) is 3.25. The molecule has 4 rings (SSSR count). The van der Waals surface area contributed by atoms with E-state index >= 15 is 0 Å². The minimum atomic E-state index is -0.427. The molecule has 0 saturated carbocycles. The zero-order valence-corrected chi connectivity index (χ0v) is 14.0. The molecule has 0 spiro atoms. The Morgan fingerprint density at radius 1 is 1.24 bits per heavy atom. The summed E-state index contributed by atoms with van der Waals surface area (Å²) in [5.74, 6) is 1.67. The number of rotatable bonds is 5. The first-order valence-corrected chi connectivity index (χ1v) is 8.44. The Morgan fingerprint density at radius 2 is 2.16 bits per heavy atom. The molecule has 0 unspecified atom stereocenters. The van der Waals surface area contributed by atoms with Gasteiger partial charge in [-0.1, -0.05) is 6.92 Å². The Balaban J connectivity index is 1.50. The van der Waals surface area contributed by atoms with Gasteiger partial charge in [-0.15, -0.1) is 10.2 Å². The first-order chi connectivity index (χ1) is 12.2. The van der Waals surface area contributed by atoms with Gasteiger partial charge in [-0.3, -0.25) is 4.68 Å². The van der Waals surface area contributed by atoms with Crippen LogP contribution in [0.5, 0.6) is 0 Å². The first kappa shape index (κ1) is 15.7. The number of fused-ring (bicyclic) bond motifs is 1. The highest BCUT2D eigenvalue weighted by Crippen LogP contribution is 2.19. The summed E-state index contributed by atoms with van der Waals surface area (Å²) < 4.78 is 18.1. The lowest BCUT2D eigenvalue weighted by Gasteiger charge is -2.14. The fourth-order valence-corrected chi connectivity index (χ4v) is 3.02. The Bertz CT molecular complexity index is 884. The van der Waals surface area contributed by atoms with Crippen LogP contribution in [-0.4, -0.2) is 34.5 Å². The summed E-state index contributed by atoms with van der Waals surface area (Å²) in [5, 5.41) is 15.8. The van der Waals surface area contributed by atoms with Crippen molar-refractivity contribution >= 4 is 11.5 Å². The van der Waals surface area contributed by atoms with Crippen LogP contribution in [0.3, 0.4) is 0 Å². The lowest BCUT2D eigenvalue weighted by molar-refractivity contribution is 0.496. The third-order valence-electron chi connectivity index (χ3n) is 4.33. The van der Waals surface area contributed by atoms with Gasteiger partial charge in [-0.25, -0.2) is 14.4 Å². The molecule has 9 heteroatoms. The molecule has 130 valence electrons. The van der Waals surface area contributed by atoms with Gasteiger partial charge >= 0.3 is 0 Å². The third kappa shape index (κ3) is 3.09. The van der Waals surface area contributed by atoms with Crippen LogP contribution in [0.4, 0.5) is 15.9 Å². The van der Waals surface area contributed by atoms with E-state index in [0.29, 0.717) is 24.3 Å². The molecular formula is C16H19FN8. The van der Waals surface area contributed by atoms with E-state index in [1.165, 1.54) is 6.33 Å². The number of hydrogen-bond donors (Lipinski definition) is 1. The van der Waals surface area contributed by atoms with Crippen molar-refractivity contribution in [1.29, 1.82) is 0 Å². The minimum Gasteiger partial charge on any atom is -0.335 e. The fraction of sp³-hybridized carbons (Fsp3) is 0.438. The quantitative estimate of drug-likeness (QED) is 0.764. The van der Waals surface area contributed by atoms with Crippen molar-refractivity contribution in [2.45, 2.75) is 45.7 Å². The van der Waals surface area contributed by atoms with Crippen molar-refractivity contribution in [2.24, 2.45) is 0 Å². The second kappa shape index (κ2) is 6.58. The van der Waals surface area contributed by atoms with Gasteiger partial charge in [0.15, 0.2) is 17.5 Å².